The van der Waals surface area contributed by atoms with Crippen molar-refractivity contribution in [2.45, 2.75) is 12.8 Å². The third-order valence-electron chi connectivity index (χ3n) is 2.30. The van der Waals surface area contributed by atoms with Gasteiger partial charge in [0.15, 0.2) is 0 Å². The molecule has 0 aromatic heterocycles. The van der Waals surface area contributed by atoms with Crippen LogP contribution in [0.4, 0.5) is 0 Å². The predicted octanol–water partition coefficient (Wildman–Crippen LogP) is -0.786. The Labute approximate surface area is 81.5 Å². The van der Waals surface area contributed by atoms with Gasteiger partial charge in [-0.1, -0.05) is 0 Å². The number of halogens is 1. The summed E-state index contributed by atoms with van der Waals surface area (Å²) in [7, 11) is 0. The van der Waals surface area contributed by atoms with E-state index in [1.54, 1.807) is 4.90 Å². The fourth-order valence-electron chi connectivity index (χ4n) is 1.45. The van der Waals surface area contributed by atoms with E-state index in [4.69, 9.17) is 11.6 Å². The first-order valence-corrected chi connectivity index (χ1v) is 4.73. The van der Waals surface area contributed by atoms with E-state index in [0.29, 0.717) is 25.9 Å². The second kappa shape index (κ2) is 4.46. The summed E-state index contributed by atoms with van der Waals surface area (Å²) < 4.78 is 0. The average molecular weight is 205 g/mol. The molecule has 0 aromatic rings. The smallest absolute Gasteiger partial charge is 0.237 e. The van der Waals surface area contributed by atoms with Crippen LogP contribution in [0, 0.1) is 5.92 Å². The zero-order valence-electron chi connectivity index (χ0n) is 7.16. The molecule has 1 amide bonds. The Morgan fingerprint density at radius 2 is 1.92 bits per heavy atom. The first kappa shape index (κ1) is 10.3. The highest BCUT2D eigenvalue weighted by atomic mass is 35.5. The maximum absolute atomic E-state index is 11.1. The molecule has 5 heteroatoms. The van der Waals surface area contributed by atoms with Crippen molar-refractivity contribution in [1.82, 2.24) is 4.90 Å². The predicted molar refractivity (Wildman–Crippen MR) is 45.0 cm³/mol. The van der Waals surface area contributed by atoms with Crippen molar-refractivity contribution >= 4 is 23.5 Å². The van der Waals surface area contributed by atoms with Crippen LogP contribution in [0.1, 0.15) is 12.8 Å². The Kier molecular flexibility index (Phi) is 3.54. The highest BCUT2D eigenvalue weighted by Gasteiger charge is 2.22. The standard InChI is InChI=1S/C8H12ClNO3/c9-5-7(11)10-3-1-6(2-4-10)8(12)13/h6H,1-5H2,(H,12,13)/p-1. The number of likely N-dealkylation sites (tertiary alicyclic amines) is 1. The van der Waals surface area contributed by atoms with Gasteiger partial charge in [-0.05, 0) is 12.8 Å². The number of amides is 1. The monoisotopic (exact) mass is 204 g/mol. The number of aliphatic carboxylic acids is 1. The summed E-state index contributed by atoms with van der Waals surface area (Å²) in [6.07, 6.45) is 0.954. The van der Waals surface area contributed by atoms with Gasteiger partial charge >= 0.3 is 0 Å². The molecule has 1 heterocycles. The second-order valence-electron chi connectivity index (χ2n) is 3.11. The Morgan fingerprint density at radius 3 is 2.31 bits per heavy atom. The Balaban J connectivity index is 2.39. The fourth-order valence-corrected chi connectivity index (χ4v) is 1.62. The van der Waals surface area contributed by atoms with Crippen LogP contribution in [0.5, 0.6) is 0 Å². The van der Waals surface area contributed by atoms with Gasteiger partial charge in [0.05, 0.1) is 0 Å². The molecule has 0 atom stereocenters. The molecular formula is C8H11ClNO3-. The van der Waals surface area contributed by atoms with Crippen LogP contribution in [0.15, 0.2) is 0 Å². The molecule has 13 heavy (non-hydrogen) atoms. The number of carbonyl (C=O) groups excluding carboxylic acids is 2. The number of hydrogen-bond acceptors (Lipinski definition) is 3. The minimum absolute atomic E-state index is 0.0318. The quantitative estimate of drug-likeness (QED) is 0.554. The van der Waals surface area contributed by atoms with E-state index in [2.05, 4.69) is 0 Å². The van der Waals surface area contributed by atoms with Crippen molar-refractivity contribution in [2.24, 2.45) is 5.92 Å². The lowest BCUT2D eigenvalue weighted by atomic mass is 9.97. The van der Waals surface area contributed by atoms with Crippen molar-refractivity contribution in [3.8, 4) is 0 Å². The zero-order valence-corrected chi connectivity index (χ0v) is 7.92. The van der Waals surface area contributed by atoms with Crippen molar-refractivity contribution in [1.29, 1.82) is 0 Å². The molecule has 0 saturated carbocycles. The van der Waals surface area contributed by atoms with Crippen LogP contribution in [0.3, 0.4) is 0 Å². The molecule has 0 bridgehead atoms. The Morgan fingerprint density at radius 1 is 1.38 bits per heavy atom. The second-order valence-corrected chi connectivity index (χ2v) is 3.37. The van der Waals surface area contributed by atoms with Gasteiger partial charge in [0.2, 0.25) is 5.91 Å². The van der Waals surface area contributed by atoms with E-state index in [1.165, 1.54) is 0 Å². The largest absolute Gasteiger partial charge is 0.550 e. The summed E-state index contributed by atoms with van der Waals surface area (Å²) in [5, 5.41) is 10.5. The number of nitrogens with zero attached hydrogens (tertiary/aromatic N) is 1. The lowest BCUT2D eigenvalue weighted by molar-refractivity contribution is -0.312. The van der Waals surface area contributed by atoms with Crippen LogP contribution in [-0.2, 0) is 9.59 Å². The summed E-state index contributed by atoms with van der Waals surface area (Å²) in [5.41, 5.74) is 0. The van der Waals surface area contributed by atoms with E-state index in [9.17, 15) is 14.7 Å². The van der Waals surface area contributed by atoms with Gasteiger partial charge in [-0.25, -0.2) is 0 Å². The third kappa shape index (κ3) is 2.59. The lowest BCUT2D eigenvalue weighted by Gasteiger charge is -2.31. The molecule has 0 unspecified atom stereocenters. The molecule has 4 nitrogen and oxygen atoms in total. The van der Waals surface area contributed by atoms with Crippen LogP contribution < -0.4 is 5.11 Å². The minimum Gasteiger partial charge on any atom is -0.550 e. The van der Waals surface area contributed by atoms with Gasteiger partial charge in [-0.15, -0.1) is 11.6 Å². The number of alkyl halides is 1. The molecule has 1 rings (SSSR count). The summed E-state index contributed by atoms with van der Waals surface area (Å²) in [5.74, 6) is -1.58. The molecule has 1 fully saturated rings. The topological polar surface area (TPSA) is 60.4 Å². The molecule has 0 N–H and O–H groups in total. The van der Waals surface area contributed by atoms with Gasteiger partial charge < -0.3 is 14.8 Å². The molecule has 1 saturated heterocycles. The first-order chi connectivity index (χ1) is 6.15. The molecule has 74 valence electrons. The van der Waals surface area contributed by atoms with E-state index in [1.807, 2.05) is 0 Å². The molecular weight excluding hydrogens is 194 g/mol. The van der Waals surface area contributed by atoms with E-state index in [0.717, 1.165) is 0 Å². The average Bonchev–Trinajstić information content (AvgIpc) is 2.17. The Bertz CT molecular complexity index is 211. The maximum Gasteiger partial charge on any atom is 0.237 e. The van der Waals surface area contributed by atoms with E-state index >= 15 is 0 Å². The normalized spacial score (nSPS) is 18.7. The summed E-state index contributed by atoms with van der Waals surface area (Å²) >= 11 is 5.36. The first-order valence-electron chi connectivity index (χ1n) is 4.19. The maximum atomic E-state index is 11.1. The fraction of sp³-hybridized carbons (Fsp3) is 0.750. The minimum atomic E-state index is -1.02. The molecule has 0 radical (unpaired) electrons. The summed E-state index contributed by atoms with van der Waals surface area (Å²) in [6, 6.07) is 0. The lowest BCUT2D eigenvalue weighted by Crippen LogP contribution is -2.44. The third-order valence-corrected chi connectivity index (χ3v) is 2.52. The number of carbonyl (C=O) groups is 2. The van der Waals surface area contributed by atoms with Crippen molar-refractivity contribution < 1.29 is 14.7 Å². The van der Waals surface area contributed by atoms with Gasteiger partial charge in [0.1, 0.15) is 5.88 Å². The number of carboxylic acid groups (broad SMARTS) is 1. The van der Waals surface area contributed by atoms with Crippen LogP contribution in [0.2, 0.25) is 0 Å². The molecule has 1 aliphatic rings. The van der Waals surface area contributed by atoms with E-state index in [-0.39, 0.29) is 11.8 Å². The molecule has 0 spiro atoms. The van der Waals surface area contributed by atoms with Gasteiger partial charge in [0, 0.05) is 25.0 Å². The zero-order chi connectivity index (χ0) is 9.84. The summed E-state index contributed by atoms with van der Waals surface area (Å²) in [4.78, 5) is 23.1. The number of hydrogen-bond donors (Lipinski definition) is 0. The molecule has 0 aromatic carbocycles. The highest BCUT2D eigenvalue weighted by Crippen LogP contribution is 2.16. The van der Waals surface area contributed by atoms with Crippen molar-refractivity contribution in [3.63, 3.8) is 0 Å². The van der Waals surface area contributed by atoms with Gasteiger partial charge in [-0.2, -0.15) is 0 Å². The number of carboxylic acids is 1. The summed E-state index contributed by atoms with van der Waals surface area (Å²) in [6.45, 7) is 0.953. The van der Waals surface area contributed by atoms with Crippen molar-refractivity contribution in [2.75, 3.05) is 19.0 Å². The van der Waals surface area contributed by atoms with E-state index < -0.39 is 11.9 Å². The number of piperidine rings is 1. The number of rotatable bonds is 2. The van der Waals surface area contributed by atoms with Crippen LogP contribution in [-0.4, -0.2) is 35.7 Å². The molecule has 1 aliphatic heterocycles. The van der Waals surface area contributed by atoms with Crippen LogP contribution in [0.25, 0.3) is 0 Å². The van der Waals surface area contributed by atoms with Crippen LogP contribution >= 0.6 is 11.6 Å². The SMILES string of the molecule is O=C([O-])C1CCN(C(=O)CCl)CC1. The van der Waals surface area contributed by atoms with Gasteiger partial charge in [0.25, 0.3) is 0 Å². The Hall–Kier alpha value is -0.770. The molecule has 0 aliphatic carbocycles. The highest BCUT2D eigenvalue weighted by molar-refractivity contribution is 6.27. The van der Waals surface area contributed by atoms with Gasteiger partial charge in [-0.3, -0.25) is 4.79 Å². The van der Waals surface area contributed by atoms with Crippen molar-refractivity contribution in [3.05, 3.63) is 0 Å².